The Kier molecular flexibility index (Phi) is 4.33. The Morgan fingerprint density at radius 3 is 2.50 bits per heavy atom. The Balaban J connectivity index is 1.84. The van der Waals surface area contributed by atoms with Gasteiger partial charge in [-0.1, -0.05) is 29.8 Å². The second-order valence-corrected chi connectivity index (χ2v) is 6.08. The molecule has 7 heteroatoms. The van der Waals surface area contributed by atoms with Gasteiger partial charge >= 0.3 is 0 Å². The number of hydrogen-bond acceptors (Lipinski definition) is 4. The molecule has 2 aromatic carbocycles. The van der Waals surface area contributed by atoms with Crippen molar-refractivity contribution in [2.45, 2.75) is 6.92 Å². The van der Waals surface area contributed by atoms with E-state index in [0.717, 1.165) is 28.5 Å². The predicted molar refractivity (Wildman–Crippen MR) is 102 cm³/mol. The van der Waals surface area contributed by atoms with Crippen LogP contribution < -0.4 is 0 Å². The summed E-state index contributed by atoms with van der Waals surface area (Å²) in [6.07, 6.45) is 4.94. The molecule has 6 nitrogen and oxygen atoms in total. The van der Waals surface area contributed by atoms with Crippen molar-refractivity contribution in [1.29, 1.82) is 0 Å². The summed E-state index contributed by atoms with van der Waals surface area (Å²) in [7, 11) is 0. The number of aliphatic imine (C=N–C) groups is 1. The lowest BCUT2D eigenvalue weighted by molar-refractivity contribution is 0.760. The van der Waals surface area contributed by atoms with E-state index < -0.39 is 0 Å². The molecule has 0 fully saturated rings. The Hall–Kier alpha value is -3.25. The number of para-hydroxylation sites is 1. The Bertz CT molecular complexity index is 1030. The fourth-order valence-corrected chi connectivity index (χ4v) is 2.76. The summed E-state index contributed by atoms with van der Waals surface area (Å²) in [5.74, 6) is 0.781. The van der Waals surface area contributed by atoms with E-state index >= 15 is 0 Å². The maximum atomic E-state index is 5.93. The van der Waals surface area contributed by atoms with Gasteiger partial charge in [-0.3, -0.25) is 4.99 Å². The van der Waals surface area contributed by atoms with E-state index in [1.54, 1.807) is 17.2 Å². The van der Waals surface area contributed by atoms with Crippen LogP contribution in [0.3, 0.4) is 0 Å². The van der Waals surface area contributed by atoms with E-state index in [0.29, 0.717) is 5.02 Å². The highest BCUT2D eigenvalue weighted by molar-refractivity contribution is 6.30. The van der Waals surface area contributed by atoms with E-state index in [9.17, 15) is 0 Å². The lowest BCUT2D eigenvalue weighted by Crippen LogP contribution is -2.07. The molecule has 0 amide bonds. The van der Waals surface area contributed by atoms with Gasteiger partial charge in [-0.15, -0.1) is 0 Å². The topological polar surface area (TPSA) is 60.9 Å². The molecule has 0 aliphatic rings. The van der Waals surface area contributed by atoms with Gasteiger partial charge in [0.1, 0.15) is 12.7 Å². The van der Waals surface area contributed by atoms with E-state index in [2.05, 4.69) is 20.2 Å². The summed E-state index contributed by atoms with van der Waals surface area (Å²) < 4.78 is 3.53. The highest BCUT2D eigenvalue weighted by atomic mass is 35.5. The zero-order valence-corrected chi connectivity index (χ0v) is 14.7. The first-order valence-electron chi connectivity index (χ1n) is 8.02. The van der Waals surface area contributed by atoms with E-state index in [-0.39, 0.29) is 0 Å². The van der Waals surface area contributed by atoms with Crippen molar-refractivity contribution in [2.75, 3.05) is 0 Å². The van der Waals surface area contributed by atoms with Crippen LogP contribution in [0.25, 0.3) is 11.5 Å². The first-order chi connectivity index (χ1) is 12.7. The number of hydrogen-bond donors (Lipinski definition) is 0. The van der Waals surface area contributed by atoms with Crippen molar-refractivity contribution in [2.24, 2.45) is 4.99 Å². The summed E-state index contributed by atoms with van der Waals surface area (Å²) in [5, 5.41) is 9.64. The van der Waals surface area contributed by atoms with Gasteiger partial charge in [0.05, 0.1) is 22.6 Å². The molecule has 0 atom stereocenters. The molecule has 2 heterocycles. The summed E-state index contributed by atoms with van der Waals surface area (Å²) in [5.41, 5.74) is 3.46. The SMILES string of the molecule is Cc1nn(-c2ccccc2)c(-n2cncn2)c1C=Nc1ccc(Cl)cc1. The van der Waals surface area contributed by atoms with Crippen LogP contribution in [-0.2, 0) is 0 Å². The summed E-state index contributed by atoms with van der Waals surface area (Å²) in [6.45, 7) is 1.95. The second kappa shape index (κ2) is 6.93. The van der Waals surface area contributed by atoms with Crippen LogP contribution in [-0.4, -0.2) is 30.8 Å². The summed E-state index contributed by atoms with van der Waals surface area (Å²) in [6, 6.07) is 17.3. The second-order valence-electron chi connectivity index (χ2n) is 5.64. The Labute approximate surface area is 155 Å². The van der Waals surface area contributed by atoms with Crippen LogP contribution in [0.4, 0.5) is 5.69 Å². The van der Waals surface area contributed by atoms with Gasteiger partial charge in [-0.05, 0) is 43.3 Å². The molecule has 26 heavy (non-hydrogen) atoms. The third-order valence-corrected chi connectivity index (χ3v) is 4.14. The molecule has 0 bridgehead atoms. The zero-order chi connectivity index (χ0) is 17.9. The van der Waals surface area contributed by atoms with Crippen molar-refractivity contribution >= 4 is 23.5 Å². The molecule has 128 valence electrons. The Morgan fingerprint density at radius 1 is 1.04 bits per heavy atom. The van der Waals surface area contributed by atoms with Gasteiger partial charge in [-0.25, -0.2) is 14.3 Å². The van der Waals surface area contributed by atoms with Crippen molar-refractivity contribution in [3.63, 3.8) is 0 Å². The van der Waals surface area contributed by atoms with Crippen molar-refractivity contribution in [3.05, 3.63) is 83.5 Å². The molecular weight excluding hydrogens is 348 g/mol. The summed E-state index contributed by atoms with van der Waals surface area (Å²) >= 11 is 5.93. The Morgan fingerprint density at radius 2 is 1.81 bits per heavy atom. The first kappa shape index (κ1) is 16.2. The van der Waals surface area contributed by atoms with Crippen LogP contribution >= 0.6 is 11.6 Å². The average molecular weight is 363 g/mol. The quantitative estimate of drug-likeness (QED) is 0.512. The molecule has 0 radical (unpaired) electrons. The predicted octanol–water partition coefficient (Wildman–Crippen LogP) is 4.17. The molecule has 0 unspecified atom stereocenters. The van der Waals surface area contributed by atoms with E-state index in [1.807, 2.05) is 66.2 Å². The molecule has 0 spiro atoms. The molecule has 0 saturated heterocycles. The molecule has 0 aliphatic heterocycles. The minimum atomic E-state index is 0.681. The van der Waals surface area contributed by atoms with Gasteiger partial charge in [0.15, 0.2) is 5.82 Å². The van der Waals surface area contributed by atoms with Gasteiger partial charge in [0, 0.05) is 11.2 Å². The average Bonchev–Trinajstić information content (AvgIpc) is 3.30. The maximum Gasteiger partial charge on any atom is 0.168 e. The van der Waals surface area contributed by atoms with E-state index in [4.69, 9.17) is 11.6 Å². The van der Waals surface area contributed by atoms with Crippen LogP contribution in [0.2, 0.25) is 5.02 Å². The number of halogens is 1. The zero-order valence-electron chi connectivity index (χ0n) is 14.0. The van der Waals surface area contributed by atoms with Gasteiger partial charge < -0.3 is 0 Å². The lowest BCUT2D eigenvalue weighted by atomic mass is 10.2. The molecule has 4 aromatic rings. The number of rotatable bonds is 4. The first-order valence-corrected chi connectivity index (χ1v) is 8.40. The molecule has 0 aliphatic carbocycles. The molecular formula is C19H15ClN6. The minimum Gasteiger partial charge on any atom is -0.256 e. The molecule has 0 saturated carbocycles. The van der Waals surface area contributed by atoms with Crippen molar-refractivity contribution in [3.8, 4) is 11.5 Å². The number of benzene rings is 2. The van der Waals surface area contributed by atoms with Crippen LogP contribution in [0.5, 0.6) is 0 Å². The van der Waals surface area contributed by atoms with Crippen LogP contribution in [0.15, 0.2) is 72.2 Å². The highest BCUT2D eigenvalue weighted by Crippen LogP contribution is 2.22. The summed E-state index contributed by atoms with van der Waals surface area (Å²) in [4.78, 5) is 8.62. The standard InChI is InChI=1S/C19H15ClN6/c1-14-18(11-22-16-9-7-15(20)8-10-16)19(25-13-21-12-23-25)26(24-14)17-5-3-2-4-6-17/h2-13H,1H3. The highest BCUT2D eigenvalue weighted by Gasteiger charge is 2.17. The fraction of sp³-hybridized carbons (Fsp3) is 0.0526. The van der Waals surface area contributed by atoms with Crippen LogP contribution in [0, 0.1) is 6.92 Å². The maximum absolute atomic E-state index is 5.93. The molecule has 2 aromatic heterocycles. The smallest absolute Gasteiger partial charge is 0.168 e. The minimum absolute atomic E-state index is 0.681. The van der Waals surface area contributed by atoms with Gasteiger partial charge in [0.2, 0.25) is 0 Å². The third-order valence-electron chi connectivity index (χ3n) is 3.89. The molecule has 0 N–H and O–H groups in total. The molecule has 4 rings (SSSR count). The monoisotopic (exact) mass is 362 g/mol. The van der Waals surface area contributed by atoms with Crippen molar-refractivity contribution in [1.82, 2.24) is 24.5 Å². The number of aromatic nitrogens is 5. The third kappa shape index (κ3) is 3.14. The fourth-order valence-electron chi connectivity index (χ4n) is 2.63. The number of aryl methyl sites for hydroxylation is 1. The van der Waals surface area contributed by atoms with Gasteiger partial charge in [0.25, 0.3) is 0 Å². The normalized spacial score (nSPS) is 11.3. The lowest BCUT2D eigenvalue weighted by Gasteiger charge is -2.07. The van der Waals surface area contributed by atoms with Gasteiger partial charge in [-0.2, -0.15) is 10.2 Å². The van der Waals surface area contributed by atoms with Crippen LogP contribution in [0.1, 0.15) is 11.3 Å². The number of nitrogens with zero attached hydrogens (tertiary/aromatic N) is 6. The van der Waals surface area contributed by atoms with E-state index in [1.165, 1.54) is 6.33 Å². The van der Waals surface area contributed by atoms with Crippen molar-refractivity contribution < 1.29 is 0 Å². The largest absolute Gasteiger partial charge is 0.256 e.